The van der Waals surface area contributed by atoms with Crippen LogP contribution in [0.1, 0.15) is 19.5 Å². The zero-order valence-electron chi connectivity index (χ0n) is 8.57. The molecular formula is C11H15N3. The quantitative estimate of drug-likeness (QED) is 0.748. The minimum Gasteiger partial charge on any atom is -0.397 e. The van der Waals surface area contributed by atoms with Gasteiger partial charge in [-0.15, -0.1) is 0 Å². The van der Waals surface area contributed by atoms with Gasteiger partial charge in [0, 0.05) is 6.20 Å². The van der Waals surface area contributed by atoms with Crippen molar-refractivity contribution in [1.29, 1.82) is 0 Å². The van der Waals surface area contributed by atoms with Gasteiger partial charge in [0.1, 0.15) is 5.65 Å². The Balaban J connectivity index is 0.000000461. The van der Waals surface area contributed by atoms with Crippen molar-refractivity contribution in [1.82, 2.24) is 9.38 Å². The average Bonchev–Trinajstić information content (AvgIpc) is 2.64. The first-order valence-corrected chi connectivity index (χ1v) is 4.66. The summed E-state index contributed by atoms with van der Waals surface area (Å²) in [6.45, 7) is 7.66. The fourth-order valence-electron chi connectivity index (χ4n) is 1.17. The summed E-state index contributed by atoms with van der Waals surface area (Å²) < 4.78 is 1.91. The van der Waals surface area contributed by atoms with Crippen LogP contribution < -0.4 is 5.73 Å². The van der Waals surface area contributed by atoms with E-state index in [0.717, 1.165) is 11.3 Å². The predicted octanol–water partition coefficient (Wildman–Crippen LogP) is 2.29. The van der Waals surface area contributed by atoms with Crippen LogP contribution in [0, 0.1) is 0 Å². The molecule has 0 radical (unpaired) electrons. The summed E-state index contributed by atoms with van der Waals surface area (Å²) in [4.78, 5) is 4.16. The number of fused-ring (bicyclic) bond motifs is 1. The zero-order valence-corrected chi connectivity index (χ0v) is 8.57. The molecule has 0 aromatic carbocycles. The summed E-state index contributed by atoms with van der Waals surface area (Å²) in [5.74, 6) is 0. The van der Waals surface area contributed by atoms with Crippen molar-refractivity contribution in [2.45, 2.75) is 13.8 Å². The second-order valence-corrected chi connectivity index (χ2v) is 2.60. The van der Waals surface area contributed by atoms with Crippen molar-refractivity contribution >= 4 is 11.3 Å². The molecule has 0 amide bonds. The van der Waals surface area contributed by atoms with Gasteiger partial charge in [-0.3, -0.25) is 4.40 Å². The van der Waals surface area contributed by atoms with Gasteiger partial charge in [0.05, 0.1) is 17.6 Å². The molecule has 0 fully saturated rings. The molecule has 74 valence electrons. The third-order valence-electron chi connectivity index (χ3n) is 1.75. The van der Waals surface area contributed by atoms with Gasteiger partial charge < -0.3 is 5.73 Å². The summed E-state index contributed by atoms with van der Waals surface area (Å²) in [5.41, 5.74) is 7.85. The smallest absolute Gasteiger partial charge is 0.137 e. The lowest BCUT2D eigenvalue weighted by molar-refractivity contribution is 1.15. The van der Waals surface area contributed by atoms with Gasteiger partial charge in [0.2, 0.25) is 0 Å². The summed E-state index contributed by atoms with van der Waals surface area (Å²) in [6.07, 6.45) is 3.63. The van der Waals surface area contributed by atoms with Crippen LogP contribution in [0.4, 0.5) is 0 Å². The van der Waals surface area contributed by atoms with E-state index < -0.39 is 0 Å². The number of hydrogen-bond acceptors (Lipinski definition) is 2. The second-order valence-electron chi connectivity index (χ2n) is 2.60. The normalized spacial score (nSPS) is 9.29. The highest BCUT2D eigenvalue weighted by atomic mass is 15.0. The molecular weight excluding hydrogens is 174 g/mol. The van der Waals surface area contributed by atoms with E-state index in [1.165, 1.54) is 0 Å². The highest BCUT2D eigenvalue weighted by molar-refractivity contribution is 5.60. The summed E-state index contributed by atoms with van der Waals surface area (Å²) in [7, 11) is 0. The number of imidazole rings is 1. The summed E-state index contributed by atoms with van der Waals surface area (Å²) in [5, 5.41) is 0. The molecule has 0 saturated heterocycles. The SMILES string of the molecule is C=C(N)c1cnc2ccccn12.CC. The van der Waals surface area contributed by atoms with Gasteiger partial charge in [-0.05, 0) is 12.1 Å². The lowest BCUT2D eigenvalue weighted by Gasteiger charge is -1.97. The van der Waals surface area contributed by atoms with Crippen LogP contribution in [0.3, 0.4) is 0 Å². The molecule has 0 atom stereocenters. The molecule has 0 aliphatic carbocycles. The minimum atomic E-state index is 0.536. The second kappa shape index (κ2) is 4.46. The number of pyridine rings is 1. The van der Waals surface area contributed by atoms with E-state index in [0.29, 0.717) is 5.70 Å². The molecule has 0 aliphatic rings. The summed E-state index contributed by atoms with van der Waals surface area (Å²) >= 11 is 0. The summed E-state index contributed by atoms with van der Waals surface area (Å²) in [6, 6.07) is 5.79. The number of aromatic nitrogens is 2. The lowest BCUT2D eigenvalue weighted by atomic mass is 10.4. The molecule has 2 aromatic rings. The molecule has 3 nitrogen and oxygen atoms in total. The Bertz CT molecular complexity index is 429. The van der Waals surface area contributed by atoms with Crippen LogP contribution in [0.15, 0.2) is 37.2 Å². The topological polar surface area (TPSA) is 43.3 Å². The van der Waals surface area contributed by atoms with Gasteiger partial charge in [0.15, 0.2) is 0 Å². The lowest BCUT2D eigenvalue weighted by Crippen LogP contribution is -1.97. The molecule has 3 heteroatoms. The van der Waals surface area contributed by atoms with Crippen molar-refractivity contribution in [2.75, 3.05) is 0 Å². The zero-order chi connectivity index (χ0) is 10.6. The van der Waals surface area contributed by atoms with Crippen LogP contribution in [-0.4, -0.2) is 9.38 Å². The standard InChI is InChI=1S/C9H9N3.C2H6/c1-7(10)8-6-11-9-4-2-3-5-12(8)9;1-2/h2-6H,1,10H2;1-2H3. The fraction of sp³-hybridized carbons (Fsp3) is 0.182. The molecule has 14 heavy (non-hydrogen) atoms. The molecule has 2 N–H and O–H groups in total. The Morgan fingerprint density at radius 3 is 2.79 bits per heavy atom. The fourth-order valence-corrected chi connectivity index (χ4v) is 1.17. The van der Waals surface area contributed by atoms with Gasteiger partial charge in [-0.2, -0.15) is 0 Å². The van der Waals surface area contributed by atoms with Crippen molar-refractivity contribution in [3.05, 3.63) is 42.9 Å². The van der Waals surface area contributed by atoms with E-state index in [2.05, 4.69) is 11.6 Å². The first-order chi connectivity index (χ1) is 6.79. The number of hydrogen-bond donors (Lipinski definition) is 1. The molecule has 2 rings (SSSR count). The third kappa shape index (κ3) is 1.76. The Hall–Kier alpha value is -1.77. The Morgan fingerprint density at radius 2 is 2.14 bits per heavy atom. The van der Waals surface area contributed by atoms with Crippen molar-refractivity contribution in [3.8, 4) is 0 Å². The third-order valence-corrected chi connectivity index (χ3v) is 1.75. The maximum absolute atomic E-state index is 5.57. The molecule has 0 bridgehead atoms. The monoisotopic (exact) mass is 189 g/mol. The average molecular weight is 189 g/mol. The molecule has 0 spiro atoms. The van der Waals surface area contributed by atoms with E-state index in [9.17, 15) is 0 Å². The van der Waals surface area contributed by atoms with E-state index in [1.54, 1.807) is 6.20 Å². The Kier molecular flexibility index (Phi) is 3.29. The van der Waals surface area contributed by atoms with E-state index in [4.69, 9.17) is 5.73 Å². The predicted molar refractivity (Wildman–Crippen MR) is 59.8 cm³/mol. The van der Waals surface area contributed by atoms with Crippen LogP contribution in [0.25, 0.3) is 11.3 Å². The van der Waals surface area contributed by atoms with Crippen molar-refractivity contribution in [2.24, 2.45) is 5.73 Å². The first-order valence-electron chi connectivity index (χ1n) is 4.66. The highest BCUT2D eigenvalue weighted by Crippen LogP contribution is 2.09. The van der Waals surface area contributed by atoms with Crippen molar-refractivity contribution in [3.63, 3.8) is 0 Å². The van der Waals surface area contributed by atoms with Gasteiger partial charge >= 0.3 is 0 Å². The van der Waals surface area contributed by atoms with Gasteiger partial charge in [0.25, 0.3) is 0 Å². The molecule has 0 unspecified atom stereocenters. The van der Waals surface area contributed by atoms with Crippen LogP contribution in [-0.2, 0) is 0 Å². The molecule has 0 aliphatic heterocycles. The van der Waals surface area contributed by atoms with Crippen LogP contribution in [0.2, 0.25) is 0 Å². The maximum atomic E-state index is 5.57. The van der Waals surface area contributed by atoms with Gasteiger partial charge in [-0.1, -0.05) is 26.5 Å². The minimum absolute atomic E-state index is 0.536. The molecule has 2 heterocycles. The van der Waals surface area contributed by atoms with Crippen LogP contribution in [0.5, 0.6) is 0 Å². The van der Waals surface area contributed by atoms with E-state index >= 15 is 0 Å². The maximum Gasteiger partial charge on any atom is 0.137 e. The van der Waals surface area contributed by atoms with E-state index in [-0.39, 0.29) is 0 Å². The number of nitrogens with two attached hydrogens (primary N) is 1. The first kappa shape index (κ1) is 10.3. The van der Waals surface area contributed by atoms with Crippen molar-refractivity contribution < 1.29 is 0 Å². The van der Waals surface area contributed by atoms with Crippen LogP contribution >= 0.6 is 0 Å². The molecule has 2 aromatic heterocycles. The largest absolute Gasteiger partial charge is 0.397 e. The highest BCUT2D eigenvalue weighted by Gasteiger charge is 2.01. The van der Waals surface area contributed by atoms with E-state index in [1.807, 2.05) is 42.6 Å². The Morgan fingerprint density at radius 1 is 1.43 bits per heavy atom. The number of nitrogens with zero attached hydrogens (tertiary/aromatic N) is 2. The molecule has 0 saturated carbocycles. The number of rotatable bonds is 1. The Labute approximate surface area is 83.9 Å². The van der Waals surface area contributed by atoms with Gasteiger partial charge in [-0.25, -0.2) is 4.98 Å².